The Labute approximate surface area is 179 Å². The molecule has 0 fully saturated rings. The van der Waals surface area contributed by atoms with Gasteiger partial charge in [-0.2, -0.15) is 18.2 Å². The van der Waals surface area contributed by atoms with Gasteiger partial charge in [0, 0.05) is 17.6 Å². The second kappa shape index (κ2) is 10.1. The second-order valence-corrected chi connectivity index (χ2v) is 7.15. The normalized spacial score (nSPS) is 11.3. The van der Waals surface area contributed by atoms with Gasteiger partial charge in [-0.3, -0.25) is 0 Å². The van der Waals surface area contributed by atoms with Gasteiger partial charge < -0.3 is 15.4 Å². The van der Waals surface area contributed by atoms with E-state index >= 15 is 0 Å². The summed E-state index contributed by atoms with van der Waals surface area (Å²) in [6.07, 6.45) is -0.659. The van der Waals surface area contributed by atoms with Crippen molar-refractivity contribution in [3.05, 3.63) is 65.9 Å². The molecule has 0 amide bonds. The molecular weight excluding hydrogens is 405 g/mol. The van der Waals surface area contributed by atoms with Gasteiger partial charge in [-0.1, -0.05) is 37.5 Å². The lowest BCUT2D eigenvalue weighted by atomic mass is 10.2. The SMILES string of the molecule is CCCCCOc1ccc(Nc2nc(Nc3ccc(C)cc3)ncc2C(F)(F)F)cc1. The van der Waals surface area contributed by atoms with Gasteiger partial charge in [-0.25, -0.2) is 4.98 Å². The van der Waals surface area contributed by atoms with Crippen LogP contribution in [0, 0.1) is 6.92 Å². The van der Waals surface area contributed by atoms with E-state index in [1.165, 1.54) is 0 Å². The third kappa shape index (κ3) is 6.60. The first-order valence-electron chi connectivity index (χ1n) is 10.1. The lowest BCUT2D eigenvalue weighted by molar-refractivity contribution is -0.137. The van der Waals surface area contributed by atoms with Crippen LogP contribution in [0.1, 0.15) is 37.3 Å². The van der Waals surface area contributed by atoms with Crippen molar-refractivity contribution in [2.75, 3.05) is 17.2 Å². The Morgan fingerprint density at radius 2 is 1.55 bits per heavy atom. The second-order valence-electron chi connectivity index (χ2n) is 7.15. The Balaban J connectivity index is 1.77. The number of aromatic nitrogens is 2. The van der Waals surface area contributed by atoms with E-state index in [-0.39, 0.29) is 11.8 Å². The van der Waals surface area contributed by atoms with Crippen LogP contribution < -0.4 is 15.4 Å². The molecule has 0 aliphatic rings. The Hall–Kier alpha value is -3.29. The Morgan fingerprint density at radius 3 is 2.19 bits per heavy atom. The van der Waals surface area contributed by atoms with Crippen molar-refractivity contribution in [2.45, 2.75) is 39.3 Å². The average molecular weight is 430 g/mol. The molecule has 2 aromatic carbocycles. The monoisotopic (exact) mass is 430 g/mol. The maximum atomic E-state index is 13.5. The number of nitrogens with one attached hydrogen (secondary N) is 2. The van der Waals surface area contributed by atoms with Crippen LogP contribution in [-0.2, 0) is 6.18 Å². The van der Waals surface area contributed by atoms with E-state index in [2.05, 4.69) is 27.5 Å². The number of anilines is 4. The minimum Gasteiger partial charge on any atom is -0.494 e. The van der Waals surface area contributed by atoms with Crippen molar-refractivity contribution < 1.29 is 17.9 Å². The Morgan fingerprint density at radius 1 is 0.903 bits per heavy atom. The number of aryl methyl sites for hydroxylation is 1. The first-order valence-corrected chi connectivity index (χ1v) is 10.1. The van der Waals surface area contributed by atoms with Gasteiger partial charge in [0.2, 0.25) is 5.95 Å². The van der Waals surface area contributed by atoms with Crippen LogP contribution in [0.2, 0.25) is 0 Å². The average Bonchev–Trinajstić information content (AvgIpc) is 2.73. The van der Waals surface area contributed by atoms with E-state index in [0.717, 1.165) is 31.0 Å². The van der Waals surface area contributed by atoms with E-state index in [1.54, 1.807) is 24.3 Å². The topological polar surface area (TPSA) is 59.1 Å². The molecule has 31 heavy (non-hydrogen) atoms. The van der Waals surface area contributed by atoms with E-state index in [4.69, 9.17) is 4.74 Å². The highest BCUT2D eigenvalue weighted by molar-refractivity contribution is 5.63. The molecule has 0 bridgehead atoms. The van der Waals surface area contributed by atoms with Crippen LogP contribution in [0.4, 0.5) is 36.3 Å². The predicted molar refractivity (Wildman–Crippen MR) is 116 cm³/mol. The first-order chi connectivity index (χ1) is 14.8. The lowest BCUT2D eigenvalue weighted by Gasteiger charge is -2.15. The molecule has 0 radical (unpaired) electrons. The van der Waals surface area contributed by atoms with Crippen molar-refractivity contribution in [1.29, 1.82) is 0 Å². The van der Waals surface area contributed by atoms with E-state index in [0.29, 0.717) is 23.7 Å². The molecule has 0 saturated heterocycles. The number of halogens is 3. The number of hydrogen-bond acceptors (Lipinski definition) is 5. The zero-order valence-electron chi connectivity index (χ0n) is 17.5. The van der Waals surface area contributed by atoms with Crippen molar-refractivity contribution in [1.82, 2.24) is 9.97 Å². The summed E-state index contributed by atoms with van der Waals surface area (Å²) in [6.45, 7) is 4.67. The summed E-state index contributed by atoms with van der Waals surface area (Å²) in [5.41, 5.74) is 1.27. The number of hydrogen-bond donors (Lipinski definition) is 2. The fourth-order valence-electron chi connectivity index (χ4n) is 2.82. The number of unbranched alkanes of at least 4 members (excludes halogenated alkanes) is 2. The largest absolute Gasteiger partial charge is 0.494 e. The summed E-state index contributed by atoms with van der Waals surface area (Å²) in [5, 5.41) is 5.68. The first kappa shape index (κ1) is 22.4. The molecule has 0 saturated carbocycles. The maximum Gasteiger partial charge on any atom is 0.421 e. The zero-order chi connectivity index (χ0) is 22.3. The number of ether oxygens (including phenoxy) is 1. The Bertz CT molecular complexity index is 974. The maximum absolute atomic E-state index is 13.5. The molecular formula is C23H25F3N4O. The van der Waals surface area contributed by atoms with Gasteiger partial charge in [0.15, 0.2) is 0 Å². The summed E-state index contributed by atoms with van der Waals surface area (Å²) < 4.78 is 46.0. The zero-order valence-corrected chi connectivity index (χ0v) is 17.5. The van der Waals surface area contributed by atoms with Crippen LogP contribution in [0.25, 0.3) is 0 Å². The van der Waals surface area contributed by atoms with Gasteiger partial charge in [0.25, 0.3) is 0 Å². The Kier molecular flexibility index (Phi) is 7.33. The summed E-state index contributed by atoms with van der Waals surface area (Å²) in [7, 11) is 0. The molecule has 0 atom stereocenters. The third-order valence-corrected chi connectivity index (χ3v) is 4.54. The summed E-state index contributed by atoms with van der Waals surface area (Å²) in [6, 6.07) is 14.1. The molecule has 3 aromatic rings. The molecule has 8 heteroatoms. The molecule has 3 rings (SSSR count). The van der Waals surface area contributed by atoms with Crippen molar-refractivity contribution >= 4 is 23.1 Å². The summed E-state index contributed by atoms with van der Waals surface area (Å²) in [4.78, 5) is 7.89. The molecule has 164 valence electrons. The number of alkyl halides is 3. The van der Waals surface area contributed by atoms with Crippen molar-refractivity contribution in [2.24, 2.45) is 0 Å². The van der Waals surface area contributed by atoms with Crippen molar-refractivity contribution in [3.63, 3.8) is 0 Å². The predicted octanol–water partition coefficient (Wildman–Crippen LogP) is 6.86. The van der Waals surface area contributed by atoms with Crippen LogP contribution >= 0.6 is 0 Å². The molecule has 0 spiro atoms. The fraction of sp³-hybridized carbons (Fsp3) is 0.304. The van der Waals surface area contributed by atoms with Crippen LogP contribution in [0.3, 0.4) is 0 Å². The molecule has 5 nitrogen and oxygen atoms in total. The molecule has 0 aliphatic carbocycles. The standard InChI is InChI=1S/C23H25F3N4O/c1-3-4-5-14-31-19-12-10-17(11-13-19)28-21-20(23(24,25)26)15-27-22(30-21)29-18-8-6-16(2)7-9-18/h6-13,15H,3-5,14H2,1-2H3,(H2,27,28,29,30). The number of rotatable bonds is 9. The van der Waals surface area contributed by atoms with Crippen LogP contribution in [0.5, 0.6) is 5.75 Å². The quantitative estimate of drug-likeness (QED) is 0.363. The molecule has 0 aliphatic heterocycles. The van der Waals surface area contributed by atoms with Gasteiger partial charge in [0.05, 0.1) is 6.61 Å². The minimum absolute atomic E-state index is 0.0650. The smallest absolute Gasteiger partial charge is 0.421 e. The summed E-state index contributed by atoms with van der Waals surface area (Å²) >= 11 is 0. The van der Waals surface area contributed by atoms with Gasteiger partial charge >= 0.3 is 6.18 Å². The van der Waals surface area contributed by atoms with Gasteiger partial charge in [0.1, 0.15) is 17.1 Å². The number of benzene rings is 2. The molecule has 0 unspecified atom stereocenters. The fourth-order valence-corrected chi connectivity index (χ4v) is 2.82. The number of nitrogens with zero attached hydrogens (tertiary/aromatic N) is 2. The highest BCUT2D eigenvalue weighted by Gasteiger charge is 2.35. The third-order valence-electron chi connectivity index (χ3n) is 4.54. The van der Waals surface area contributed by atoms with Crippen LogP contribution in [-0.4, -0.2) is 16.6 Å². The van der Waals surface area contributed by atoms with Gasteiger partial charge in [-0.15, -0.1) is 0 Å². The molecule has 1 aromatic heterocycles. The highest BCUT2D eigenvalue weighted by atomic mass is 19.4. The van der Waals surface area contributed by atoms with E-state index in [1.807, 2.05) is 31.2 Å². The van der Waals surface area contributed by atoms with E-state index < -0.39 is 11.7 Å². The molecule has 1 heterocycles. The molecule has 2 N–H and O–H groups in total. The highest BCUT2D eigenvalue weighted by Crippen LogP contribution is 2.35. The van der Waals surface area contributed by atoms with Crippen molar-refractivity contribution in [3.8, 4) is 5.75 Å². The van der Waals surface area contributed by atoms with Gasteiger partial charge in [-0.05, 0) is 49.7 Å². The minimum atomic E-state index is -4.59. The lowest BCUT2D eigenvalue weighted by Crippen LogP contribution is -2.12. The van der Waals surface area contributed by atoms with E-state index in [9.17, 15) is 13.2 Å². The van der Waals surface area contributed by atoms with Crippen LogP contribution in [0.15, 0.2) is 54.7 Å². The summed E-state index contributed by atoms with van der Waals surface area (Å²) in [5.74, 6) is 0.408.